The quantitative estimate of drug-likeness (QED) is 0.678. The van der Waals surface area contributed by atoms with Gasteiger partial charge in [0.25, 0.3) is 0 Å². The molecule has 0 aromatic rings. The Morgan fingerprint density at radius 3 is 2.38 bits per heavy atom. The average molecular weight is 209 g/mol. The van der Waals surface area contributed by atoms with E-state index in [-0.39, 0.29) is 12.5 Å². The van der Waals surface area contributed by atoms with E-state index in [4.69, 9.17) is 9.63 Å². The van der Waals surface area contributed by atoms with Crippen LogP contribution in [-0.4, -0.2) is 48.9 Å². The van der Waals surface area contributed by atoms with Gasteiger partial charge in [0.05, 0.1) is 0 Å². The number of hydrogen-bond acceptors (Lipinski definition) is 3. The van der Waals surface area contributed by atoms with E-state index in [1.54, 1.807) is 14.1 Å². The Morgan fingerprint density at radius 2 is 2.08 bits per heavy atom. The van der Waals surface area contributed by atoms with Crippen LogP contribution in [0.2, 0.25) is 0 Å². The molecule has 1 N–H and O–H groups in total. The van der Waals surface area contributed by atoms with Gasteiger partial charge in [-0.25, -0.2) is 0 Å². The Labute approximate surface area is 78.1 Å². The van der Waals surface area contributed by atoms with E-state index in [9.17, 15) is 9.36 Å². The summed E-state index contributed by atoms with van der Waals surface area (Å²) in [6.07, 6.45) is 0. The number of carbonyl (C=O) groups is 1. The summed E-state index contributed by atoms with van der Waals surface area (Å²) in [7, 11) is -0.0401. The summed E-state index contributed by atoms with van der Waals surface area (Å²) in [5.74, 6) is -1.02. The van der Waals surface area contributed by atoms with Gasteiger partial charge in [0.15, 0.2) is 0 Å². The molecular weight excluding hydrogens is 193 g/mol. The van der Waals surface area contributed by atoms with E-state index in [0.29, 0.717) is 0 Å². The second-order valence-corrected chi connectivity index (χ2v) is 5.76. The second-order valence-electron chi connectivity index (χ2n) is 3.14. The van der Waals surface area contributed by atoms with Crippen molar-refractivity contribution >= 4 is 13.3 Å². The molecule has 0 radical (unpaired) electrons. The summed E-state index contributed by atoms with van der Waals surface area (Å²) in [6.45, 7) is 2.52. The third kappa shape index (κ3) is 5.03. The standard InChI is InChI=1S/C7H16NO4P/c1-6(13(4,10)11)12-5-7(9)8(2)3/h6H,5H2,1-4H3,(H,10,11). The molecular formula is C7H16NO4P. The minimum Gasteiger partial charge on any atom is -0.359 e. The van der Waals surface area contributed by atoms with Gasteiger partial charge in [-0.05, 0) is 6.92 Å². The highest BCUT2D eigenvalue weighted by Crippen LogP contribution is 2.41. The molecule has 2 atom stereocenters. The molecule has 5 nitrogen and oxygen atoms in total. The van der Waals surface area contributed by atoms with Gasteiger partial charge in [0, 0.05) is 20.8 Å². The predicted octanol–water partition coefficient (Wildman–Crippen LogP) is 0.337. The number of carbonyl (C=O) groups excluding carboxylic acids is 1. The Balaban J connectivity index is 3.91. The first-order chi connectivity index (χ1) is 5.75. The molecule has 0 spiro atoms. The van der Waals surface area contributed by atoms with Gasteiger partial charge in [0.2, 0.25) is 13.3 Å². The van der Waals surface area contributed by atoms with Crippen molar-refractivity contribution in [2.75, 3.05) is 27.4 Å². The maximum Gasteiger partial charge on any atom is 0.248 e. The topological polar surface area (TPSA) is 66.8 Å². The summed E-state index contributed by atoms with van der Waals surface area (Å²) < 4.78 is 15.9. The molecule has 6 heteroatoms. The lowest BCUT2D eigenvalue weighted by Gasteiger charge is -2.17. The van der Waals surface area contributed by atoms with Crippen LogP contribution in [0, 0.1) is 0 Å². The molecule has 0 aromatic carbocycles. The molecule has 13 heavy (non-hydrogen) atoms. The smallest absolute Gasteiger partial charge is 0.248 e. The lowest BCUT2D eigenvalue weighted by molar-refractivity contribution is -0.134. The molecule has 2 unspecified atom stereocenters. The molecule has 0 fully saturated rings. The molecule has 0 heterocycles. The third-order valence-electron chi connectivity index (χ3n) is 1.62. The molecule has 0 aromatic heterocycles. The van der Waals surface area contributed by atoms with Gasteiger partial charge in [-0.15, -0.1) is 0 Å². The summed E-state index contributed by atoms with van der Waals surface area (Å²) >= 11 is 0. The lowest BCUT2D eigenvalue weighted by Crippen LogP contribution is -2.28. The highest BCUT2D eigenvalue weighted by molar-refractivity contribution is 7.57. The number of nitrogens with zero attached hydrogens (tertiary/aromatic N) is 1. The van der Waals surface area contributed by atoms with Crippen molar-refractivity contribution in [1.82, 2.24) is 4.90 Å². The van der Waals surface area contributed by atoms with Gasteiger partial charge in [-0.3, -0.25) is 9.36 Å². The number of amides is 1. The number of hydrogen-bond donors (Lipinski definition) is 1. The third-order valence-corrected chi connectivity index (χ3v) is 3.12. The summed E-state index contributed by atoms with van der Waals surface area (Å²) in [5, 5.41) is 0. The maximum atomic E-state index is 11.0. The Kier molecular flexibility index (Phi) is 4.61. The minimum absolute atomic E-state index is 0.160. The van der Waals surface area contributed by atoms with Gasteiger partial charge in [-0.2, -0.15) is 0 Å². The average Bonchev–Trinajstić information content (AvgIpc) is 1.97. The number of rotatable bonds is 4. The van der Waals surface area contributed by atoms with Crippen LogP contribution >= 0.6 is 7.37 Å². The van der Waals surface area contributed by atoms with Crippen molar-refractivity contribution in [3.05, 3.63) is 0 Å². The normalized spacial score (nSPS) is 17.6. The molecule has 0 saturated carbocycles. The summed E-state index contributed by atoms with van der Waals surface area (Å²) in [4.78, 5) is 21.4. The van der Waals surface area contributed by atoms with Crippen LogP contribution in [-0.2, 0) is 14.1 Å². The first-order valence-electron chi connectivity index (χ1n) is 3.87. The Hall–Kier alpha value is -0.380. The first kappa shape index (κ1) is 12.6. The van der Waals surface area contributed by atoms with Crippen molar-refractivity contribution in [3.8, 4) is 0 Å². The Morgan fingerprint density at radius 1 is 1.62 bits per heavy atom. The molecule has 0 aliphatic carbocycles. The highest BCUT2D eigenvalue weighted by atomic mass is 31.2. The minimum atomic E-state index is -3.24. The molecule has 78 valence electrons. The van der Waals surface area contributed by atoms with E-state index < -0.39 is 13.2 Å². The fourth-order valence-electron chi connectivity index (χ4n) is 0.459. The van der Waals surface area contributed by atoms with Crippen LogP contribution in [0.3, 0.4) is 0 Å². The second kappa shape index (κ2) is 4.74. The fourth-order valence-corrected chi connectivity index (χ4v) is 0.810. The monoisotopic (exact) mass is 209 g/mol. The van der Waals surface area contributed by atoms with E-state index in [1.807, 2.05) is 0 Å². The molecule has 0 aliphatic heterocycles. The number of likely N-dealkylation sites (N-methyl/N-ethyl adjacent to an activating group) is 1. The van der Waals surface area contributed by atoms with Gasteiger partial charge in [-0.1, -0.05) is 0 Å². The van der Waals surface area contributed by atoms with Crippen LogP contribution in [0.25, 0.3) is 0 Å². The van der Waals surface area contributed by atoms with Crippen molar-refractivity contribution in [2.45, 2.75) is 12.8 Å². The largest absolute Gasteiger partial charge is 0.359 e. The van der Waals surface area contributed by atoms with E-state index in [0.717, 1.165) is 0 Å². The van der Waals surface area contributed by atoms with Crippen LogP contribution in [0.1, 0.15) is 6.92 Å². The molecule has 0 saturated heterocycles. The SMILES string of the molecule is CC(OCC(=O)N(C)C)P(C)(=O)O. The summed E-state index contributed by atoms with van der Waals surface area (Å²) in [6, 6.07) is 0. The van der Waals surface area contributed by atoms with Gasteiger partial charge in [0.1, 0.15) is 12.5 Å². The Bertz CT molecular complexity index is 223. The van der Waals surface area contributed by atoms with Crippen molar-refractivity contribution in [2.24, 2.45) is 0 Å². The zero-order chi connectivity index (χ0) is 10.6. The van der Waals surface area contributed by atoms with Crippen LogP contribution < -0.4 is 0 Å². The summed E-state index contributed by atoms with van der Waals surface area (Å²) in [5.41, 5.74) is 0. The first-order valence-corrected chi connectivity index (χ1v) is 6.04. The van der Waals surface area contributed by atoms with Crippen LogP contribution in [0.5, 0.6) is 0 Å². The fraction of sp³-hybridized carbons (Fsp3) is 0.857. The van der Waals surface area contributed by atoms with Crippen LogP contribution in [0.4, 0.5) is 0 Å². The molecule has 1 amide bonds. The molecule has 0 aliphatic rings. The van der Waals surface area contributed by atoms with Gasteiger partial charge < -0.3 is 14.5 Å². The van der Waals surface area contributed by atoms with Crippen LogP contribution in [0.15, 0.2) is 0 Å². The van der Waals surface area contributed by atoms with Crippen molar-refractivity contribution in [3.63, 3.8) is 0 Å². The van der Waals surface area contributed by atoms with E-state index in [2.05, 4.69) is 0 Å². The highest BCUT2D eigenvalue weighted by Gasteiger charge is 2.22. The number of ether oxygens (including phenoxy) is 1. The maximum absolute atomic E-state index is 11.0. The van der Waals surface area contributed by atoms with E-state index >= 15 is 0 Å². The van der Waals surface area contributed by atoms with E-state index in [1.165, 1.54) is 18.5 Å². The zero-order valence-corrected chi connectivity index (χ0v) is 9.25. The lowest BCUT2D eigenvalue weighted by atomic mass is 10.6. The van der Waals surface area contributed by atoms with Crippen molar-refractivity contribution in [1.29, 1.82) is 0 Å². The molecule has 0 rings (SSSR count). The molecule has 0 bridgehead atoms. The van der Waals surface area contributed by atoms with Crippen molar-refractivity contribution < 1.29 is 19.0 Å². The van der Waals surface area contributed by atoms with Gasteiger partial charge >= 0.3 is 0 Å². The predicted molar refractivity (Wildman–Crippen MR) is 49.9 cm³/mol. The zero-order valence-electron chi connectivity index (χ0n) is 8.35.